The maximum absolute atomic E-state index is 12.1. The molecular weight excluding hydrogens is 198 g/mol. The number of hydrogen-bond donors (Lipinski definition) is 0. The Morgan fingerprint density at radius 3 is 2.44 bits per heavy atom. The van der Waals surface area contributed by atoms with Gasteiger partial charge in [0.15, 0.2) is 0 Å². The lowest BCUT2D eigenvalue weighted by molar-refractivity contribution is -0.124. The number of hydrogen-bond acceptors (Lipinski definition) is 2. The van der Waals surface area contributed by atoms with E-state index in [1.54, 1.807) is 0 Å². The monoisotopic (exact) mass is 223 g/mol. The molecule has 0 radical (unpaired) electrons. The molecule has 92 valence electrons. The molecule has 16 heavy (non-hydrogen) atoms. The van der Waals surface area contributed by atoms with E-state index < -0.39 is 0 Å². The number of Topliss-reactive ketones (excluding diaryl/α,β-unsaturated/α-hetero) is 1. The van der Waals surface area contributed by atoms with Crippen molar-refractivity contribution in [2.45, 2.75) is 45.4 Å². The van der Waals surface area contributed by atoms with Crippen LogP contribution in [0.1, 0.15) is 45.4 Å². The molecule has 0 aromatic heterocycles. The lowest BCUT2D eigenvalue weighted by Crippen LogP contribution is -2.32. The summed E-state index contributed by atoms with van der Waals surface area (Å²) in [6, 6.07) is 0. The molecule has 2 aliphatic carbocycles. The Bertz CT molecular complexity index is 245. The quantitative estimate of drug-likeness (QED) is 0.714. The summed E-state index contributed by atoms with van der Waals surface area (Å²) in [6.07, 6.45) is 7.51. The summed E-state index contributed by atoms with van der Waals surface area (Å²) in [5.74, 6) is 2.64. The lowest BCUT2D eigenvalue weighted by atomic mass is 9.86. The topological polar surface area (TPSA) is 20.3 Å². The summed E-state index contributed by atoms with van der Waals surface area (Å²) in [4.78, 5) is 14.3. The van der Waals surface area contributed by atoms with Crippen molar-refractivity contribution < 1.29 is 4.79 Å². The standard InChI is InChI=1S/C14H25NO/c1-11-8-13(11)9-15(2)10-14(16)12-6-4-3-5-7-12/h11-13H,3-10H2,1-2H3. The molecule has 0 amide bonds. The van der Waals surface area contributed by atoms with Crippen LogP contribution in [0.4, 0.5) is 0 Å². The van der Waals surface area contributed by atoms with Crippen molar-refractivity contribution in [2.24, 2.45) is 17.8 Å². The molecule has 2 fully saturated rings. The zero-order valence-electron chi connectivity index (χ0n) is 10.7. The number of likely N-dealkylation sites (N-methyl/N-ethyl adjacent to an activating group) is 1. The van der Waals surface area contributed by atoms with Gasteiger partial charge in [-0.25, -0.2) is 0 Å². The average molecular weight is 223 g/mol. The average Bonchev–Trinajstić information content (AvgIpc) is 2.95. The van der Waals surface area contributed by atoms with Crippen LogP contribution in [0.2, 0.25) is 0 Å². The van der Waals surface area contributed by atoms with E-state index in [0.717, 1.165) is 31.2 Å². The van der Waals surface area contributed by atoms with Gasteiger partial charge in [-0.15, -0.1) is 0 Å². The van der Waals surface area contributed by atoms with Crippen molar-refractivity contribution in [3.63, 3.8) is 0 Å². The minimum Gasteiger partial charge on any atom is -0.299 e. The van der Waals surface area contributed by atoms with Gasteiger partial charge in [0.2, 0.25) is 0 Å². The Labute approximate surface area is 99.4 Å². The van der Waals surface area contributed by atoms with Gasteiger partial charge in [0.1, 0.15) is 5.78 Å². The molecule has 0 aromatic rings. The van der Waals surface area contributed by atoms with E-state index in [1.807, 2.05) is 0 Å². The fourth-order valence-electron chi connectivity index (χ4n) is 2.94. The van der Waals surface area contributed by atoms with Gasteiger partial charge in [0.05, 0.1) is 6.54 Å². The first kappa shape index (κ1) is 12.1. The van der Waals surface area contributed by atoms with Gasteiger partial charge in [-0.2, -0.15) is 0 Å². The summed E-state index contributed by atoms with van der Waals surface area (Å²) in [5, 5.41) is 0. The van der Waals surface area contributed by atoms with Crippen LogP contribution in [0.25, 0.3) is 0 Å². The fourth-order valence-corrected chi connectivity index (χ4v) is 2.94. The molecule has 0 aliphatic heterocycles. The molecule has 0 spiro atoms. The molecule has 2 atom stereocenters. The zero-order valence-corrected chi connectivity index (χ0v) is 10.7. The van der Waals surface area contributed by atoms with Crippen LogP contribution in [0.3, 0.4) is 0 Å². The van der Waals surface area contributed by atoms with Gasteiger partial charge < -0.3 is 0 Å². The number of rotatable bonds is 5. The predicted molar refractivity (Wildman–Crippen MR) is 66.4 cm³/mol. The second kappa shape index (κ2) is 5.31. The highest BCUT2D eigenvalue weighted by atomic mass is 16.1. The Kier molecular flexibility index (Phi) is 4.01. The molecule has 2 unspecified atom stereocenters. The van der Waals surface area contributed by atoms with Crippen molar-refractivity contribution in [3.05, 3.63) is 0 Å². The minimum atomic E-state index is 0.382. The molecule has 2 saturated carbocycles. The molecule has 0 N–H and O–H groups in total. The molecule has 0 heterocycles. The number of carbonyl (C=O) groups is 1. The normalized spacial score (nSPS) is 30.7. The Morgan fingerprint density at radius 2 is 1.88 bits per heavy atom. The number of carbonyl (C=O) groups excluding carboxylic acids is 1. The van der Waals surface area contributed by atoms with Crippen molar-refractivity contribution in [2.75, 3.05) is 20.1 Å². The molecule has 0 bridgehead atoms. The molecule has 2 heteroatoms. The minimum absolute atomic E-state index is 0.382. The van der Waals surface area contributed by atoms with Crippen molar-refractivity contribution in [3.8, 4) is 0 Å². The van der Waals surface area contributed by atoms with Gasteiger partial charge in [-0.1, -0.05) is 26.2 Å². The summed E-state index contributed by atoms with van der Waals surface area (Å²) in [5.41, 5.74) is 0. The number of ketones is 1. The van der Waals surface area contributed by atoms with E-state index in [1.165, 1.54) is 25.7 Å². The highest BCUT2D eigenvalue weighted by Crippen LogP contribution is 2.38. The van der Waals surface area contributed by atoms with E-state index in [2.05, 4.69) is 18.9 Å². The van der Waals surface area contributed by atoms with Crippen LogP contribution in [0, 0.1) is 17.8 Å². The van der Waals surface area contributed by atoms with Crippen molar-refractivity contribution in [1.82, 2.24) is 4.90 Å². The van der Waals surface area contributed by atoms with Crippen LogP contribution in [0.5, 0.6) is 0 Å². The SMILES string of the molecule is CC1CC1CN(C)CC(=O)C1CCCCC1. The van der Waals surface area contributed by atoms with E-state index in [-0.39, 0.29) is 0 Å². The third kappa shape index (κ3) is 3.31. The predicted octanol–water partition coefficient (Wildman–Crippen LogP) is 2.72. The van der Waals surface area contributed by atoms with E-state index in [0.29, 0.717) is 18.2 Å². The summed E-state index contributed by atoms with van der Waals surface area (Å²) in [6.45, 7) is 4.12. The summed E-state index contributed by atoms with van der Waals surface area (Å²) < 4.78 is 0. The Hall–Kier alpha value is -0.370. The van der Waals surface area contributed by atoms with Gasteiger partial charge in [0.25, 0.3) is 0 Å². The number of nitrogens with zero attached hydrogens (tertiary/aromatic N) is 1. The van der Waals surface area contributed by atoms with Crippen LogP contribution < -0.4 is 0 Å². The fraction of sp³-hybridized carbons (Fsp3) is 0.929. The van der Waals surface area contributed by atoms with E-state index >= 15 is 0 Å². The molecule has 2 nitrogen and oxygen atoms in total. The Balaban J connectivity index is 1.68. The highest BCUT2D eigenvalue weighted by molar-refractivity contribution is 5.83. The molecular formula is C14H25NO. The second-order valence-electron chi connectivity index (χ2n) is 5.97. The second-order valence-corrected chi connectivity index (χ2v) is 5.97. The van der Waals surface area contributed by atoms with Crippen LogP contribution >= 0.6 is 0 Å². The maximum Gasteiger partial charge on any atom is 0.149 e. The van der Waals surface area contributed by atoms with Gasteiger partial charge in [-0.3, -0.25) is 9.69 Å². The zero-order chi connectivity index (χ0) is 11.5. The van der Waals surface area contributed by atoms with Crippen molar-refractivity contribution >= 4 is 5.78 Å². The van der Waals surface area contributed by atoms with Crippen molar-refractivity contribution in [1.29, 1.82) is 0 Å². The molecule has 0 aromatic carbocycles. The maximum atomic E-state index is 12.1. The molecule has 2 rings (SSSR count). The van der Waals surface area contributed by atoms with Crippen LogP contribution in [0.15, 0.2) is 0 Å². The van der Waals surface area contributed by atoms with Gasteiger partial charge in [-0.05, 0) is 38.1 Å². The third-order valence-corrected chi connectivity index (χ3v) is 4.31. The van der Waals surface area contributed by atoms with Crippen LogP contribution in [-0.2, 0) is 4.79 Å². The Morgan fingerprint density at radius 1 is 1.25 bits per heavy atom. The lowest BCUT2D eigenvalue weighted by Gasteiger charge is -2.23. The molecule has 0 saturated heterocycles. The van der Waals surface area contributed by atoms with E-state index in [4.69, 9.17) is 0 Å². The van der Waals surface area contributed by atoms with Gasteiger partial charge in [0, 0.05) is 12.5 Å². The van der Waals surface area contributed by atoms with E-state index in [9.17, 15) is 4.79 Å². The first-order valence-corrected chi connectivity index (χ1v) is 6.88. The smallest absolute Gasteiger partial charge is 0.149 e. The molecule has 2 aliphatic rings. The third-order valence-electron chi connectivity index (χ3n) is 4.31. The largest absolute Gasteiger partial charge is 0.299 e. The van der Waals surface area contributed by atoms with Gasteiger partial charge >= 0.3 is 0 Å². The summed E-state index contributed by atoms with van der Waals surface area (Å²) >= 11 is 0. The highest BCUT2D eigenvalue weighted by Gasteiger charge is 2.33. The van der Waals surface area contributed by atoms with Crippen LogP contribution in [-0.4, -0.2) is 30.8 Å². The first-order chi connectivity index (χ1) is 7.66. The first-order valence-electron chi connectivity index (χ1n) is 6.88. The summed E-state index contributed by atoms with van der Waals surface area (Å²) in [7, 11) is 2.10.